The zero-order chi connectivity index (χ0) is 12.7. The minimum atomic E-state index is -0.341. The predicted octanol–water partition coefficient (Wildman–Crippen LogP) is 2.87. The largest absolute Gasteiger partial charge is 0.355 e. The Bertz CT molecular complexity index is 230. The third-order valence-electron chi connectivity index (χ3n) is 4.12. The quantitative estimate of drug-likeness (QED) is 0.703. The topological polar surface area (TPSA) is 55.1 Å². The SMILES string of the molecule is CCC(C)C(N)C(=O)NCCCC1CCCC1.Cl. The zero-order valence-corrected chi connectivity index (χ0v) is 12.6. The van der Waals surface area contributed by atoms with Gasteiger partial charge in [-0.25, -0.2) is 0 Å². The average molecular weight is 277 g/mol. The summed E-state index contributed by atoms with van der Waals surface area (Å²) in [4.78, 5) is 11.7. The Balaban J connectivity index is 0.00000289. The standard InChI is InChI=1S/C14H28N2O.ClH/c1-3-11(2)13(15)14(17)16-10-6-9-12-7-4-5-8-12;/h11-13H,3-10,15H2,1-2H3,(H,16,17);1H. The molecule has 1 rings (SSSR count). The molecule has 18 heavy (non-hydrogen) atoms. The van der Waals surface area contributed by atoms with Gasteiger partial charge in [-0.3, -0.25) is 4.79 Å². The van der Waals surface area contributed by atoms with Crippen molar-refractivity contribution in [2.75, 3.05) is 6.54 Å². The van der Waals surface area contributed by atoms with E-state index >= 15 is 0 Å². The lowest BCUT2D eigenvalue weighted by Crippen LogP contribution is -2.44. The highest BCUT2D eigenvalue weighted by Crippen LogP contribution is 2.28. The van der Waals surface area contributed by atoms with Gasteiger partial charge in [0.25, 0.3) is 0 Å². The highest BCUT2D eigenvalue weighted by atomic mass is 35.5. The molecule has 108 valence electrons. The van der Waals surface area contributed by atoms with Crippen molar-refractivity contribution < 1.29 is 4.79 Å². The molecule has 3 N–H and O–H groups in total. The van der Waals surface area contributed by atoms with Crippen LogP contribution >= 0.6 is 12.4 Å². The van der Waals surface area contributed by atoms with Gasteiger partial charge in [-0.05, 0) is 24.7 Å². The third kappa shape index (κ3) is 6.05. The van der Waals surface area contributed by atoms with Crippen LogP contribution in [-0.2, 0) is 4.79 Å². The van der Waals surface area contributed by atoms with Crippen LogP contribution in [0.25, 0.3) is 0 Å². The van der Waals surface area contributed by atoms with E-state index in [-0.39, 0.29) is 30.3 Å². The van der Waals surface area contributed by atoms with E-state index in [0.717, 1.165) is 25.3 Å². The van der Waals surface area contributed by atoms with Gasteiger partial charge in [0, 0.05) is 6.54 Å². The van der Waals surface area contributed by atoms with E-state index in [2.05, 4.69) is 12.2 Å². The fraction of sp³-hybridized carbons (Fsp3) is 0.929. The van der Waals surface area contributed by atoms with Gasteiger partial charge < -0.3 is 11.1 Å². The van der Waals surface area contributed by atoms with Crippen LogP contribution in [0.1, 0.15) is 58.8 Å². The van der Waals surface area contributed by atoms with Crippen molar-refractivity contribution in [2.45, 2.75) is 64.8 Å². The van der Waals surface area contributed by atoms with Crippen molar-refractivity contribution in [1.82, 2.24) is 5.32 Å². The number of rotatable bonds is 7. The summed E-state index contributed by atoms with van der Waals surface area (Å²) in [5.74, 6) is 1.20. The Kier molecular flexibility index (Phi) is 9.47. The molecule has 0 aliphatic heterocycles. The van der Waals surface area contributed by atoms with Crippen molar-refractivity contribution in [3.05, 3.63) is 0 Å². The van der Waals surface area contributed by atoms with Gasteiger partial charge in [0.05, 0.1) is 6.04 Å². The van der Waals surface area contributed by atoms with E-state index in [1.165, 1.54) is 32.1 Å². The van der Waals surface area contributed by atoms with Crippen LogP contribution in [0, 0.1) is 11.8 Å². The first-order valence-corrected chi connectivity index (χ1v) is 7.18. The van der Waals surface area contributed by atoms with Crippen LogP contribution in [0.5, 0.6) is 0 Å². The minimum Gasteiger partial charge on any atom is -0.355 e. The van der Waals surface area contributed by atoms with Gasteiger partial charge in [0.2, 0.25) is 5.91 Å². The lowest BCUT2D eigenvalue weighted by Gasteiger charge is -2.18. The van der Waals surface area contributed by atoms with E-state index in [4.69, 9.17) is 5.73 Å². The van der Waals surface area contributed by atoms with Crippen molar-refractivity contribution >= 4 is 18.3 Å². The normalized spacial score (nSPS) is 19.1. The summed E-state index contributed by atoms with van der Waals surface area (Å²) in [6.07, 6.45) is 8.89. The summed E-state index contributed by atoms with van der Waals surface area (Å²) in [5.41, 5.74) is 5.86. The Morgan fingerprint density at radius 3 is 2.56 bits per heavy atom. The molecule has 0 aromatic rings. The number of halogens is 1. The van der Waals surface area contributed by atoms with Crippen molar-refractivity contribution in [2.24, 2.45) is 17.6 Å². The number of nitrogens with two attached hydrogens (primary N) is 1. The molecular weight excluding hydrogens is 248 g/mol. The molecule has 0 radical (unpaired) electrons. The summed E-state index contributed by atoms with van der Waals surface area (Å²) in [7, 11) is 0. The predicted molar refractivity (Wildman–Crippen MR) is 78.9 cm³/mol. The van der Waals surface area contributed by atoms with Crippen LogP contribution in [0.3, 0.4) is 0 Å². The third-order valence-corrected chi connectivity index (χ3v) is 4.12. The summed E-state index contributed by atoms with van der Waals surface area (Å²) >= 11 is 0. The Labute approximate surface area is 118 Å². The monoisotopic (exact) mass is 276 g/mol. The molecule has 3 nitrogen and oxygen atoms in total. The first-order chi connectivity index (χ1) is 8.15. The van der Waals surface area contributed by atoms with Crippen LogP contribution in [-0.4, -0.2) is 18.5 Å². The first kappa shape index (κ1) is 17.7. The molecule has 0 spiro atoms. The number of hydrogen-bond donors (Lipinski definition) is 2. The number of carbonyl (C=O) groups is 1. The number of carbonyl (C=O) groups excluding carboxylic acids is 1. The Morgan fingerprint density at radius 2 is 2.00 bits per heavy atom. The molecule has 1 aliphatic rings. The lowest BCUT2D eigenvalue weighted by atomic mass is 9.99. The number of hydrogen-bond acceptors (Lipinski definition) is 2. The molecule has 1 saturated carbocycles. The maximum Gasteiger partial charge on any atom is 0.237 e. The summed E-state index contributed by atoms with van der Waals surface area (Å²) in [5, 5.41) is 2.96. The van der Waals surface area contributed by atoms with Gasteiger partial charge in [0.1, 0.15) is 0 Å². The van der Waals surface area contributed by atoms with Gasteiger partial charge in [-0.15, -0.1) is 12.4 Å². The van der Waals surface area contributed by atoms with Gasteiger partial charge in [-0.2, -0.15) is 0 Å². The van der Waals surface area contributed by atoms with Crippen LogP contribution in [0.15, 0.2) is 0 Å². The molecule has 1 aliphatic carbocycles. The molecule has 4 heteroatoms. The highest BCUT2D eigenvalue weighted by molar-refractivity contribution is 5.85. The number of nitrogens with one attached hydrogen (secondary N) is 1. The van der Waals surface area contributed by atoms with Crippen LogP contribution in [0.2, 0.25) is 0 Å². The molecule has 2 unspecified atom stereocenters. The molecular formula is C14H29ClN2O. The van der Waals surface area contributed by atoms with E-state index in [9.17, 15) is 4.79 Å². The summed E-state index contributed by atoms with van der Waals surface area (Å²) in [6, 6.07) is -0.341. The zero-order valence-electron chi connectivity index (χ0n) is 11.8. The molecule has 0 aromatic carbocycles. The van der Waals surface area contributed by atoms with Crippen LogP contribution < -0.4 is 11.1 Å². The van der Waals surface area contributed by atoms with Crippen molar-refractivity contribution in [3.63, 3.8) is 0 Å². The second-order valence-corrected chi connectivity index (χ2v) is 5.50. The molecule has 2 atom stereocenters. The van der Waals surface area contributed by atoms with Crippen molar-refractivity contribution in [3.8, 4) is 0 Å². The second kappa shape index (κ2) is 9.62. The fourth-order valence-electron chi connectivity index (χ4n) is 2.53. The molecule has 0 saturated heterocycles. The minimum absolute atomic E-state index is 0. The number of amides is 1. The van der Waals surface area contributed by atoms with E-state index < -0.39 is 0 Å². The Hall–Kier alpha value is -0.280. The molecule has 0 heterocycles. The molecule has 0 bridgehead atoms. The molecule has 1 fully saturated rings. The van der Waals surface area contributed by atoms with Gasteiger partial charge >= 0.3 is 0 Å². The van der Waals surface area contributed by atoms with Gasteiger partial charge in [0.15, 0.2) is 0 Å². The van der Waals surface area contributed by atoms with E-state index in [1.54, 1.807) is 0 Å². The highest BCUT2D eigenvalue weighted by Gasteiger charge is 2.19. The second-order valence-electron chi connectivity index (χ2n) is 5.50. The van der Waals surface area contributed by atoms with Crippen molar-refractivity contribution in [1.29, 1.82) is 0 Å². The average Bonchev–Trinajstić information content (AvgIpc) is 2.85. The maximum absolute atomic E-state index is 11.7. The maximum atomic E-state index is 11.7. The van der Waals surface area contributed by atoms with Crippen LogP contribution in [0.4, 0.5) is 0 Å². The first-order valence-electron chi connectivity index (χ1n) is 7.18. The van der Waals surface area contributed by atoms with Gasteiger partial charge in [-0.1, -0.05) is 46.0 Å². The fourth-order valence-corrected chi connectivity index (χ4v) is 2.53. The summed E-state index contributed by atoms with van der Waals surface area (Å²) < 4.78 is 0. The molecule has 0 aromatic heterocycles. The molecule has 1 amide bonds. The van der Waals surface area contributed by atoms with E-state index in [0.29, 0.717) is 0 Å². The smallest absolute Gasteiger partial charge is 0.237 e. The summed E-state index contributed by atoms with van der Waals surface area (Å²) in [6.45, 7) is 4.89. The van der Waals surface area contributed by atoms with E-state index in [1.807, 2.05) is 6.92 Å². The lowest BCUT2D eigenvalue weighted by molar-refractivity contribution is -0.123. The Morgan fingerprint density at radius 1 is 1.39 bits per heavy atom.